The highest BCUT2D eigenvalue weighted by Gasteiger charge is 2.25. The van der Waals surface area contributed by atoms with Crippen LogP contribution in [0.2, 0.25) is 0 Å². The van der Waals surface area contributed by atoms with Crippen molar-refractivity contribution < 1.29 is 19.2 Å². The van der Waals surface area contributed by atoms with E-state index < -0.39 is 11.8 Å². The van der Waals surface area contributed by atoms with Crippen molar-refractivity contribution in [2.24, 2.45) is 0 Å². The van der Waals surface area contributed by atoms with Crippen LogP contribution in [0.5, 0.6) is 0 Å². The molecule has 2 aromatic rings. The SMILES string of the molecule is CCOC(=O)/C(=C/N(C)C)C(=O)c1cn(OC)c2ccccc12. The lowest BCUT2D eigenvalue weighted by molar-refractivity contribution is -0.138. The van der Waals surface area contributed by atoms with Crippen molar-refractivity contribution >= 4 is 22.7 Å². The Balaban J connectivity index is 2.55. The Hall–Kier alpha value is -2.76. The number of rotatable bonds is 6. The van der Waals surface area contributed by atoms with Gasteiger partial charge in [0.1, 0.15) is 12.7 Å². The quantitative estimate of drug-likeness (QED) is 0.268. The van der Waals surface area contributed by atoms with Gasteiger partial charge in [-0.3, -0.25) is 4.79 Å². The molecule has 23 heavy (non-hydrogen) atoms. The minimum absolute atomic E-state index is 0.0177. The minimum Gasteiger partial charge on any atom is -0.462 e. The van der Waals surface area contributed by atoms with Gasteiger partial charge < -0.3 is 14.5 Å². The van der Waals surface area contributed by atoms with Crippen LogP contribution in [-0.2, 0) is 9.53 Å². The molecule has 122 valence electrons. The van der Waals surface area contributed by atoms with Gasteiger partial charge in [-0.25, -0.2) is 4.79 Å². The number of nitrogens with zero attached hydrogens (tertiary/aromatic N) is 2. The van der Waals surface area contributed by atoms with Gasteiger partial charge in [-0.1, -0.05) is 18.2 Å². The molecule has 0 radical (unpaired) electrons. The van der Waals surface area contributed by atoms with E-state index in [1.807, 2.05) is 24.3 Å². The minimum atomic E-state index is -0.638. The number of Topliss-reactive ketones (excluding diaryl/α,β-unsaturated/α-hetero) is 1. The van der Waals surface area contributed by atoms with Crippen molar-refractivity contribution in [1.29, 1.82) is 0 Å². The maximum absolute atomic E-state index is 12.9. The largest absolute Gasteiger partial charge is 0.462 e. The predicted octanol–water partition coefficient (Wildman–Crippen LogP) is 1.89. The maximum Gasteiger partial charge on any atom is 0.343 e. The number of ketones is 1. The zero-order chi connectivity index (χ0) is 17.0. The van der Waals surface area contributed by atoms with Crippen molar-refractivity contribution in [3.8, 4) is 0 Å². The molecule has 0 unspecified atom stereocenters. The Morgan fingerprint density at radius 1 is 1.26 bits per heavy atom. The maximum atomic E-state index is 12.9. The molecule has 2 rings (SSSR count). The number of esters is 1. The predicted molar refractivity (Wildman–Crippen MR) is 87.2 cm³/mol. The molecule has 0 fully saturated rings. The van der Waals surface area contributed by atoms with Crippen LogP contribution in [0, 0.1) is 0 Å². The highest BCUT2D eigenvalue weighted by Crippen LogP contribution is 2.23. The highest BCUT2D eigenvalue weighted by molar-refractivity contribution is 6.27. The van der Waals surface area contributed by atoms with Crippen LogP contribution in [0.15, 0.2) is 42.2 Å². The van der Waals surface area contributed by atoms with E-state index in [4.69, 9.17) is 9.57 Å². The van der Waals surface area contributed by atoms with Gasteiger partial charge in [-0.15, -0.1) is 0 Å². The molecule has 0 saturated heterocycles. The Morgan fingerprint density at radius 3 is 2.57 bits per heavy atom. The fraction of sp³-hybridized carbons (Fsp3) is 0.294. The molecule has 0 spiro atoms. The lowest BCUT2D eigenvalue weighted by Crippen LogP contribution is -2.19. The van der Waals surface area contributed by atoms with E-state index in [-0.39, 0.29) is 12.2 Å². The van der Waals surface area contributed by atoms with Crippen molar-refractivity contribution in [2.75, 3.05) is 27.8 Å². The van der Waals surface area contributed by atoms with Crippen molar-refractivity contribution in [3.05, 3.63) is 47.8 Å². The number of aromatic nitrogens is 1. The number of hydrogen-bond donors (Lipinski definition) is 0. The molecule has 0 bridgehead atoms. The van der Waals surface area contributed by atoms with Crippen LogP contribution in [0.1, 0.15) is 17.3 Å². The van der Waals surface area contributed by atoms with E-state index in [0.29, 0.717) is 10.9 Å². The van der Waals surface area contributed by atoms with Gasteiger partial charge in [0.15, 0.2) is 0 Å². The van der Waals surface area contributed by atoms with Crippen LogP contribution >= 0.6 is 0 Å². The molecule has 0 aliphatic carbocycles. The average molecular weight is 316 g/mol. The first-order valence-corrected chi connectivity index (χ1v) is 7.24. The molecule has 6 nitrogen and oxygen atoms in total. The molecular formula is C17H20N2O4. The van der Waals surface area contributed by atoms with Gasteiger partial charge in [-0.2, -0.15) is 4.73 Å². The summed E-state index contributed by atoms with van der Waals surface area (Å²) in [6, 6.07) is 7.35. The average Bonchev–Trinajstić information content (AvgIpc) is 2.91. The number of carbonyl (C=O) groups is 2. The van der Waals surface area contributed by atoms with Gasteiger partial charge in [-0.05, 0) is 13.0 Å². The summed E-state index contributed by atoms with van der Waals surface area (Å²) in [6.45, 7) is 1.91. The summed E-state index contributed by atoms with van der Waals surface area (Å²) >= 11 is 0. The van der Waals surface area contributed by atoms with Crippen LogP contribution in [-0.4, -0.2) is 49.2 Å². The summed E-state index contributed by atoms with van der Waals surface area (Å²) in [5, 5.41) is 0.716. The summed E-state index contributed by atoms with van der Waals surface area (Å²) in [4.78, 5) is 31.9. The third kappa shape index (κ3) is 3.36. The summed E-state index contributed by atoms with van der Waals surface area (Å²) < 4.78 is 6.50. The first kappa shape index (κ1) is 16.6. The third-order valence-electron chi connectivity index (χ3n) is 3.25. The Morgan fingerprint density at radius 2 is 1.96 bits per heavy atom. The highest BCUT2D eigenvalue weighted by atomic mass is 16.6. The van der Waals surface area contributed by atoms with Crippen molar-refractivity contribution in [1.82, 2.24) is 9.63 Å². The first-order chi connectivity index (χ1) is 11.0. The number of fused-ring (bicyclic) bond motifs is 1. The summed E-state index contributed by atoms with van der Waals surface area (Å²) in [7, 11) is 5.00. The number of ether oxygens (including phenoxy) is 1. The number of carbonyl (C=O) groups excluding carboxylic acids is 2. The van der Waals surface area contributed by atoms with Crippen molar-refractivity contribution in [2.45, 2.75) is 6.92 Å². The Bertz CT molecular complexity index is 759. The molecule has 6 heteroatoms. The molecule has 0 aliphatic rings. The molecule has 1 aromatic carbocycles. The van der Waals surface area contributed by atoms with Crippen molar-refractivity contribution in [3.63, 3.8) is 0 Å². The third-order valence-corrected chi connectivity index (χ3v) is 3.25. The summed E-state index contributed by atoms with van der Waals surface area (Å²) in [6.07, 6.45) is 3.05. The van der Waals surface area contributed by atoms with Crippen LogP contribution in [0.3, 0.4) is 0 Å². The number of benzene rings is 1. The topological polar surface area (TPSA) is 60.8 Å². The molecule has 1 heterocycles. The van der Waals surface area contributed by atoms with E-state index in [1.54, 1.807) is 32.1 Å². The lowest BCUT2D eigenvalue weighted by Gasteiger charge is -2.10. The molecule has 0 aliphatic heterocycles. The van der Waals surface area contributed by atoms with E-state index >= 15 is 0 Å². The zero-order valence-corrected chi connectivity index (χ0v) is 13.7. The normalized spacial score (nSPS) is 11.4. The number of para-hydroxylation sites is 1. The standard InChI is InChI=1S/C17H20N2O4/c1-5-23-17(21)14(10-18(2)3)16(20)13-11-19(22-4)15-9-7-6-8-12(13)15/h6-11H,5H2,1-4H3/b14-10+. The second-order valence-corrected chi connectivity index (χ2v) is 5.12. The Kier molecular flexibility index (Phi) is 5.05. The monoisotopic (exact) mass is 316 g/mol. The van der Waals surface area contributed by atoms with E-state index in [2.05, 4.69) is 0 Å². The molecule has 0 amide bonds. The van der Waals surface area contributed by atoms with Gasteiger partial charge in [0.05, 0.1) is 23.9 Å². The van der Waals surface area contributed by atoms with Crippen LogP contribution in [0.25, 0.3) is 10.9 Å². The van der Waals surface area contributed by atoms with E-state index in [9.17, 15) is 9.59 Å². The molecule has 0 N–H and O–H groups in total. The molecule has 0 atom stereocenters. The first-order valence-electron chi connectivity index (χ1n) is 7.24. The molecular weight excluding hydrogens is 296 g/mol. The summed E-state index contributed by atoms with van der Waals surface area (Å²) in [5.41, 5.74) is 1.13. The fourth-order valence-corrected chi connectivity index (χ4v) is 2.30. The fourth-order valence-electron chi connectivity index (χ4n) is 2.30. The van der Waals surface area contributed by atoms with Gasteiger partial charge in [0, 0.05) is 25.7 Å². The summed E-state index contributed by atoms with van der Waals surface area (Å²) in [5.74, 6) is -1.04. The van der Waals surface area contributed by atoms with Crippen LogP contribution in [0.4, 0.5) is 0 Å². The van der Waals surface area contributed by atoms with E-state index in [1.165, 1.54) is 18.0 Å². The van der Waals surface area contributed by atoms with Gasteiger partial charge in [0.2, 0.25) is 5.78 Å². The molecule has 1 aromatic heterocycles. The Labute approximate surface area is 134 Å². The second kappa shape index (κ2) is 7.00. The lowest BCUT2D eigenvalue weighted by atomic mass is 10.0. The second-order valence-electron chi connectivity index (χ2n) is 5.12. The van der Waals surface area contributed by atoms with Crippen LogP contribution < -0.4 is 4.84 Å². The van der Waals surface area contributed by atoms with Gasteiger partial charge in [0.25, 0.3) is 0 Å². The number of hydrogen-bond acceptors (Lipinski definition) is 5. The van der Waals surface area contributed by atoms with E-state index in [0.717, 1.165) is 5.52 Å². The molecule has 0 saturated carbocycles. The smallest absolute Gasteiger partial charge is 0.343 e. The van der Waals surface area contributed by atoms with Gasteiger partial charge >= 0.3 is 5.97 Å². The zero-order valence-electron chi connectivity index (χ0n) is 13.7.